The number of aliphatic hydroxyl groups excluding tert-OH is 1. The Hall–Kier alpha value is -2.09. The molecule has 1 aliphatic rings. The van der Waals surface area contributed by atoms with E-state index in [0.717, 1.165) is 0 Å². The predicted octanol–water partition coefficient (Wildman–Crippen LogP) is -0.0437. The number of urea groups is 1. The van der Waals surface area contributed by atoms with Crippen LogP contribution in [0.1, 0.15) is 12.8 Å². The van der Waals surface area contributed by atoms with Crippen molar-refractivity contribution in [1.82, 2.24) is 14.7 Å². The largest absolute Gasteiger partial charge is 0.480 e. The molecule has 0 aromatic carbocycles. The van der Waals surface area contributed by atoms with Gasteiger partial charge in [-0.25, -0.2) is 4.79 Å². The number of aliphatic hydroxyl groups is 1. The van der Waals surface area contributed by atoms with Crippen molar-refractivity contribution in [3.05, 3.63) is 12.4 Å². The van der Waals surface area contributed by atoms with Gasteiger partial charge < -0.3 is 20.4 Å². The lowest BCUT2D eigenvalue weighted by atomic mass is 10.1. The van der Waals surface area contributed by atoms with Gasteiger partial charge in [-0.1, -0.05) is 0 Å². The number of carboxylic acids is 1. The first-order chi connectivity index (χ1) is 9.04. The fraction of sp³-hybridized carbons (Fsp3) is 0.545. The Kier molecular flexibility index (Phi) is 4.00. The summed E-state index contributed by atoms with van der Waals surface area (Å²) in [5.74, 6) is -0.994. The van der Waals surface area contributed by atoms with Crippen molar-refractivity contribution in [2.75, 3.05) is 18.4 Å². The van der Waals surface area contributed by atoms with E-state index in [2.05, 4.69) is 10.4 Å². The highest BCUT2D eigenvalue weighted by Crippen LogP contribution is 2.12. The third-order valence-corrected chi connectivity index (χ3v) is 2.93. The van der Waals surface area contributed by atoms with E-state index in [4.69, 9.17) is 5.11 Å². The van der Waals surface area contributed by atoms with Crippen LogP contribution >= 0.6 is 0 Å². The SMILES string of the molecule is O=C(O)Cn1cc(NC(=O)N2CCC(O)CC2)cn1. The Morgan fingerprint density at radius 2 is 2.11 bits per heavy atom. The van der Waals surface area contributed by atoms with E-state index in [0.29, 0.717) is 31.6 Å². The van der Waals surface area contributed by atoms with Crippen LogP contribution in [0.2, 0.25) is 0 Å². The molecule has 0 aliphatic carbocycles. The highest BCUT2D eigenvalue weighted by molar-refractivity contribution is 5.89. The molecule has 0 bridgehead atoms. The maximum absolute atomic E-state index is 11.9. The minimum Gasteiger partial charge on any atom is -0.480 e. The Morgan fingerprint density at radius 1 is 1.42 bits per heavy atom. The van der Waals surface area contributed by atoms with Crippen molar-refractivity contribution in [1.29, 1.82) is 0 Å². The third-order valence-electron chi connectivity index (χ3n) is 2.93. The van der Waals surface area contributed by atoms with Gasteiger partial charge in [-0.15, -0.1) is 0 Å². The van der Waals surface area contributed by atoms with Gasteiger partial charge in [0.1, 0.15) is 6.54 Å². The molecule has 1 aromatic rings. The third kappa shape index (κ3) is 3.68. The normalized spacial score (nSPS) is 16.4. The van der Waals surface area contributed by atoms with Gasteiger partial charge in [0.2, 0.25) is 0 Å². The molecule has 8 nitrogen and oxygen atoms in total. The summed E-state index contributed by atoms with van der Waals surface area (Å²) in [5.41, 5.74) is 0.456. The molecule has 2 heterocycles. The lowest BCUT2D eigenvalue weighted by Gasteiger charge is -2.29. The summed E-state index contributed by atoms with van der Waals surface area (Å²) >= 11 is 0. The van der Waals surface area contributed by atoms with Crippen LogP contribution in [0, 0.1) is 0 Å². The van der Waals surface area contributed by atoms with Crippen LogP contribution in [0.4, 0.5) is 10.5 Å². The van der Waals surface area contributed by atoms with E-state index in [-0.39, 0.29) is 18.7 Å². The summed E-state index contributed by atoms with van der Waals surface area (Å²) < 4.78 is 1.23. The van der Waals surface area contributed by atoms with Crippen molar-refractivity contribution in [3.63, 3.8) is 0 Å². The van der Waals surface area contributed by atoms with E-state index in [1.807, 2.05) is 0 Å². The summed E-state index contributed by atoms with van der Waals surface area (Å²) in [4.78, 5) is 24.0. The zero-order valence-corrected chi connectivity index (χ0v) is 10.3. The fourth-order valence-corrected chi connectivity index (χ4v) is 1.92. The van der Waals surface area contributed by atoms with Crippen LogP contribution in [0.25, 0.3) is 0 Å². The molecule has 104 valence electrons. The minimum atomic E-state index is -0.994. The number of aromatic nitrogens is 2. The molecule has 0 radical (unpaired) electrons. The number of amides is 2. The first-order valence-electron chi connectivity index (χ1n) is 6.03. The Labute approximate surface area is 109 Å². The molecule has 8 heteroatoms. The first-order valence-corrected chi connectivity index (χ1v) is 6.03. The smallest absolute Gasteiger partial charge is 0.325 e. The zero-order chi connectivity index (χ0) is 13.8. The molecule has 1 aliphatic heterocycles. The average Bonchev–Trinajstić information content (AvgIpc) is 2.76. The molecule has 2 rings (SSSR count). The number of carbonyl (C=O) groups excluding carboxylic acids is 1. The summed E-state index contributed by atoms with van der Waals surface area (Å²) in [6.45, 7) is 0.776. The van der Waals surface area contributed by atoms with Crippen LogP contribution in [0.15, 0.2) is 12.4 Å². The van der Waals surface area contributed by atoms with Crippen molar-refractivity contribution in [2.24, 2.45) is 0 Å². The van der Waals surface area contributed by atoms with Gasteiger partial charge in [-0.3, -0.25) is 9.48 Å². The lowest BCUT2D eigenvalue weighted by molar-refractivity contribution is -0.137. The monoisotopic (exact) mass is 268 g/mol. The van der Waals surface area contributed by atoms with Crippen LogP contribution in [-0.2, 0) is 11.3 Å². The summed E-state index contributed by atoms with van der Waals surface area (Å²) in [6.07, 6.45) is 3.68. The van der Waals surface area contributed by atoms with Gasteiger partial charge in [0, 0.05) is 19.3 Å². The summed E-state index contributed by atoms with van der Waals surface area (Å²) in [7, 11) is 0. The van der Waals surface area contributed by atoms with Crippen molar-refractivity contribution in [2.45, 2.75) is 25.5 Å². The van der Waals surface area contributed by atoms with Crippen molar-refractivity contribution in [3.8, 4) is 0 Å². The number of aliphatic carboxylic acids is 1. The Bertz CT molecular complexity index is 465. The topological polar surface area (TPSA) is 108 Å². The van der Waals surface area contributed by atoms with Gasteiger partial charge in [-0.2, -0.15) is 5.10 Å². The van der Waals surface area contributed by atoms with Crippen LogP contribution in [0.5, 0.6) is 0 Å². The van der Waals surface area contributed by atoms with E-state index in [1.165, 1.54) is 17.1 Å². The van der Waals surface area contributed by atoms with E-state index in [9.17, 15) is 14.7 Å². The predicted molar refractivity (Wildman–Crippen MR) is 65.7 cm³/mol. The molecule has 0 unspecified atom stereocenters. The van der Waals surface area contributed by atoms with Gasteiger partial charge >= 0.3 is 12.0 Å². The standard InChI is InChI=1S/C11H16N4O4/c16-9-1-3-14(4-2-9)11(19)13-8-5-12-15(6-8)7-10(17)18/h5-6,9,16H,1-4,7H2,(H,13,19)(H,17,18). The number of hydrogen-bond donors (Lipinski definition) is 3. The second-order valence-electron chi connectivity index (χ2n) is 4.47. The number of anilines is 1. The van der Waals surface area contributed by atoms with E-state index < -0.39 is 5.97 Å². The van der Waals surface area contributed by atoms with Crippen molar-refractivity contribution >= 4 is 17.7 Å². The number of nitrogens with one attached hydrogen (secondary N) is 1. The summed E-state index contributed by atoms with van der Waals surface area (Å²) in [5, 5.41) is 24.4. The van der Waals surface area contributed by atoms with Gasteiger partial charge in [0.05, 0.1) is 18.0 Å². The minimum absolute atomic E-state index is 0.244. The number of hydrogen-bond acceptors (Lipinski definition) is 4. The highest BCUT2D eigenvalue weighted by Gasteiger charge is 2.21. The molecule has 3 N–H and O–H groups in total. The van der Waals surface area contributed by atoms with Crippen LogP contribution in [0.3, 0.4) is 0 Å². The second kappa shape index (κ2) is 5.70. The molecule has 0 saturated carbocycles. The van der Waals surface area contributed by atoms with Gasteiger partial charge in [0.25, 0.3) is 0 Å². The Balaban J connectivity index is 1.88. The number of carboxylic acid groups (broad SMARTS) is 1. The van der Waals surface area contributed by atoms with Crippen LogP contribution in [-0.4, -0.2) is 56.1 Å². The molecule has 0 atom stereocenters. The quantitative estimate of drug-likeness (QED) is 0.712. The lowest BCUT2D eigenvalue weighted by Crippen LogP contribution is -2.42. The van der Waals surface area contributed by atoms with Gasteiger partial charge in [0.15, 0.2) is 0 Å². The number of rotatable bonds is 3. The molecular weight excluding hydrogens is 252 g/mol. The fourth-order valence-electron chi connectivity index (χ4n) is 1.92. The Morgan fingerprint density at radius 3 is 2.74 bits per heavy atom. The van der Waals surface area contributed by atoms with E-state index >= 15 is 0 Å². The number of nitrogens with zero attached hydrogens (tertiary/aromatic N) is 3. The first kappa shape index (κ1) is 13.3. The molecule has 2 amide bonds. The van der Waals surface area contributed by atoms with Crippen LogP contribution < -0.4 is 5.32 Å². The molecule has 1 fully saturated rings. The van der Waals surface area contributed by atoms with Gasteiger partial charge in [-0.05, 0) is 12.8 Å². The molecule has 1 saturated heterocycles. The summed E-state index contributed by atoms with van der Waals surface area (Å²) in [6, 6.07) is -0.262. The molecular formula is C11H16N4O4. The maximum atomic E-state index is 11.9. The second-order valence-corrected chi connectivity index (χ2v) is 4.47. The average molecular weight is 268 g/mol. The maximum Gasteiger partial charge on any atom is 0.325 e. The number of carbonyl (C=O) groups is 2. The number of piperidine rings is 1. The molecule has 0 spiro atoms. The molecule has 1 aromatic heterocycles. The van der Waals surface area contributed by atoms with E-state index in [1.54, 1.807) is 4.90 Å². The molecule has 19 heavy (non-hydrogen) atoms. The van der Waals surface area contributed by atoms with Crippen molar-refractivity contribution < 1.29 is 19.8 Å². The number of likely N-dealkylation sites (tertiary alicyclic amines) is 1. The highest BCUT2D eigenvalue weighted by atomic mass is 16.4. The zero-order valence-electron chi connectivity index (χ0n) is 10.3.